The Morgan fingerprint density at radius 3 is 2.85 bits per heavy atom. The second kappa shape index (κ2) is 4.94. The van der Waals surface area contributed by atoms with Gasteiger partial charge in [-0.05, 0) is 26.8 Å². The summed E-state index contributed by atoms with van der Waals surface area (Å²) in [6, 6.07) is 0. The number of likely N-dealkylation sites (N-methyl/N-ethyl adjacent to an activating group) is 1. The molecule has 3 heteroatoms. The van der Waals surface area contributed by atoms with E-state index in [1.165, 1.54) is 6.42 Å². The standard InChI is InChI=1S/C10H21NO2/c1-10(12-3,8-11-2)9-5-4-6-13-7-9/h9,11H,4-8H2,1-3H3. The molecule has 0 aromatic rings. The highest BCUT2D eigenvalue weighted by molar-refractivity contribution is 4.86. The van der Waals surface area contributed by atoms with E-state index in [0.717, 1.165) is 26.2 Å². The summed E-state index contributed by atoms with van der Waals surface area (Å²) >= 11 is 0. The SMILES string of the molecule is CNCC(C)(OC)C1CCCOC1. The maximum atomic E-state index is 5.58. The molecule has 1 N–H and O–H groups in total. The monoisotopic (exact) mass is 187 g/mol. The highest BCUT2D eigenvalue weighted by Crippen LogP contribution is 2.28. The lowest BCUT2D eigenvalue weighted by Crippen LogP contribution is -2.48. The van der Waals surface area contributed by atoms with Gasteiger partial charge in [-0.3, -0.25) is 0 Å². The molecule has 1 heterocycles. The van der Waals surface area contributed by atoms with Crippen molar-refractivity contribution >= 4 is 0 Å². The fourth-order valence-electron chi connectivity index (χ4n) is 1.96. The minimum atomic E-state index is -0.0742. The second-order valence-electron chi connectivity index (χ2n) is 3.96. The number of hydrogen-bond acceptors (Lipinski definition) is 3. The zero-order valence-electron chi connectivity index (χ0n) is 8.93. The summed E-state index contributed by atoms with van der Waals surface area (Å²) in [6.07, 6.45) is 2.37. The van der Waals surface area contributed by atoms with Crippen molar-refractivity contribution in [1.82, 2.24) is 5.32 Å². The normalized spacial score (nSPS) is 28.4. The van der Waals surface area contributed by atoms with E-state index in [-0.39, 0.29) is 5.60 Å². The average Bonchev–Trinajstić information content (AvgIpc) is 2.19. The van der Waals surface area contributed by atoms with Crippen LogP contribution in [0.3, 0.4) is 0 Å². The third-order valence-electron chi connectivity index (χ3n) is 3.02. The van der Waals surface area contributed by atoms with E-state index in [1.54, 1.807) is 7.11 Å². The van der Waals surface area contributed by atoms with E-state index in [1.807, 2.05) is 7.05 Å². The zero-order valence-corrected chi connectivity index (χ0v) is 8.93. The van der Waals surface area contributed by atoms with Gasteiger partial charge in [0.15, 0.2) is 0 Å². The highest BCUT2D eigenvalue weighted by atomic mass is 16.5. The molecule has 3 nitrogen and oxygen atoms in total. The fourth-order valence-corrected chi connectivity index (χ4v) is 1.96. The number of hydrogen-bond donors (Lipinski definition) is 1. The van der Waals surface area contributed by atoms with Crippen molar-refractivity contribution in [3.63, 3.8) is 0 Å². The fraction of sp³-hybridized carbons (Fsp3) is 1.00. The van der Waals surface area contributed by atoms with Crippen molar-refractivity contribution in [2.45, 2.75) is 25.4 Å². The van der Waals surface area contributed by atoms with Gasteiger partial charge in [-0.25, -0.2) is 0 Å². The lowest BCUT2D eigenvalue weighted by molar-refractivity contribution is -0.0896. The summed E-state index contributed by atoms with van der Waals surface area (Å²) in [5.41, 5.74) is -0.0742. The molecule has 2 atom stereocenters. The summed E-state index contributed by atoms with van der Waals surface area (Å²) in [5, 5.41) is 3.18. The number of rotatable bonds is 4. The minimum absolute atomic E-state index is 0.0742. The van der Waals surface area contributed by atoms with E-state index < -0.39 is 0 Å². The topological polar surface area (TPSA) is 30.5 Å². The van der Waals surface area contributed by atoms with E-state index in [0.29, 0.717) is 5.92 Å². The van der Waals surface area contributed by atoms with Crippen LogP contribution < -0.4 is 5.32 Å². The molecule has 13 heavy (non-hydrogen) atoms. The van der Waals surface area contributed by atoms with Crippen molar-refractivity contribution in [1.29, 1.82) is 0 Å². The van der Waals surface area contributed by atoms with E-state index in [4.69, 9.17) is 9.47 Å². The molecule has 0 aromatic heterocycles. The summed E-state index contributed by atoms with van der Waals surface area (Å²) in [5.74, 6) is 0.527. The van der Waals surface area contributed by atoms with Crippen LogP contribution in [0.15, 0.2) is 0 Å². The van der Waals surface area contributed by atoms with Gasteiger partial charge in [0.05, 0.1) is 12.2 Å². The van der Waals surface area contributed by atoms with Crippen LogP contribution in [0, 0.1) is 5.92 Å². The molecule has 1 rings (SSSR count). The Balaban J connectivity index is 2.51. The number of methoxy groups -OCH3 is 1. The van der Waals surface area contributed by atoms with Crippen molar-refractivity contribution in [3.05, 3.63) is 0 Å². The number of ether oxygens (including phenoxy) is 2. The first-order valence-electron chi connectivity index (χ1n) is 5.00. The highest BCUT2D eigenvalue weighted by Gasteiger charge is 2.34. The van der Waals surface area contributed by atoms with Crippen molar-refractivity contribution < 1.29 is 9.47 Å². The maximum absolute atomic E-state index is 5.58. The van der Waals surface area contributed by atoms with Crippen LogP contribution in [0.5, 0.6) is 0 Å². The quantitative estimate of drug-likeness (QED) is 0.713. The Morgan fingerprint density at radius 1 is 1.62 bits per heavy atom. The van der Waals surface area contributed by atoms with Crippen molar-refractivity contribution in [2.24, 2.45) is 5.92 Å². The molecule has 0 amide bonds. The van der Waals surface area contributed by atoms with Gasteiger partial charge in [-0.1, -0.05) is 0 Å². The van der Waals surface area contributed by atoms with Crippen molar-refractivity contribution in [2.75, 3.05) is 33.9 Å². The van der Waals surface area contributed by atoms with E-state index in [9.17, 15) is 0 Å². The van der Waals surface area contributed by atoms with Gasteiger partial charge in [-0.15, -0.1) is 0 Å². The Labute approximate surface area is 80.8 Å². The molecule has 0 spiro atoms. The molecule has 2 unspecified atom stereocenters. The lowest BCUT2D eigenvalue weighted by atomic mass is 9.84. The summed E-state index contributed by atoms with van der Waals surface area (Å²) < 4.78 is 11.0. The molecule has 0 radical (unpaired) electrons. The van der Waals surface area contributed by atoms with Gasteiger partial charge in [0.1, 0.15) is 0 Å². The first-order chi connectivity index (χ1) is 6.23. The predicted molar refractivity (Wildman–Crippen MR) is 52.9 cm³/mol. The average molecular weight is 187 g/mol. The number of nitrogens with one attached hydrogen (secondary N) is 1. The molecular weight excluding hydrogens is 166 g/mol. The molecule has 0 aliphatic carbocycles. The van der Waals surface area contributed by atoms with Gasteiger partial charge >= 0.3 is 0 Å². The van der Waals surface area contributed by atoms with Crippen LogP contribution in [0.25, 0.3) is 0 Å². The largest absolute Gasteiger partial charge is 0.381 e. The Bertz CT molecular complexity index is 146. The molecule has 1 fully saturated rings. The molecule has 1 aliphatic rings. The van der Waals surface area contributed by atoms with Crippen LogP contribution >= 0.6 is 0 Å². The van der Waals surface area contributed by atoms with Crippen LogP contribution in [0.4, 0.5) is 0 Å². The van der Waals surface area contributed by atoms with Crippen molar-refractivity contribution in [3.8, 4) is 0 Å². The van der Waals surface area contributed by atoms with Gasteiger partial charge in [0.25, 0.3) is 0 Å². The summed E-state index contributed by atoms with van der Waals surface area (Å²) in [6.45, 7) is 4.79. The van der Waals surface area contributed by atoms with Crippen LogP contribution in [0.2, 0.25) is 0 Å². The third kappa shape index (κ3) is 2.66. The maximum Gasteiger partial charge on any atom is 0.0824 e. The molecular formula is C10H21NO2. The van der Waals surface area contributed by atoms with Crippen LogP contribution in [-0.2, 0) is 9.47 Å². The third-order valence-corrected chi connectivity index (χ3v) is 3.02. The van der Waals surface area contributed by atoms with E-state index >= 15 is 0 Å². The first-order valence-corrected chi connectivity index (χ1v) is 5.00. The predicted octanol–water partition coefficient (Wildman–Crippen LogP) is 1.04. The van der Waals surface area contributed by atoms with Gasteiger partial charge in [0, 0.05) is 26.2 Å². The molecule has 78 valence electrons. The smallest absolute Gasteiger partial charge is 0.0824 e. The molecule has 0 bridgehead atoms. The van der Waals surface area contributed by atoms with Crippen LogP contribution in [-0.4, -0.2) is 39.5 Å². The Kier molecular flexibility index (Phi) is 4.16. The van der Waals surface area contributed by atoms with Gasteiger partial charge < -0.3 is 14.8 Å². The Hall–Kier alpha value is -0.120. The van der Waals surface area contributed by atoms with E-state index in [2.05, 4.69) is 12.2 Å². The van der Waals surface area contributed by atoms with Crippen LogP contribution in [0.1, 0.15) is 19.8 Å². The van der Waals surface area contributed by atoms with Gasteiger partial charge in [0.2, 0.25) is 0 Å². The lowest BCUT2D eigenvalue weighted by Gasteiger charge is -2.38. The molecule has 0 aromatic carbocycles. The molecule has 1 saturated heterocycles. The second-order valence-corrected chi connectivity index (χ2v) is 3.96. The minimum Gasteiger partial charge on any atom is -0.381 e. The zero-order chi connectivity index (χ0) is 9.73. The molecule has 0 saturated carbocycles. The molecule has 1 aliphatic heterocycles. The Morgan fingerprint density at radius 2 is 2.38 bits per heavy atom. The first kappa shape index (κ1) is 11.0. The summed E-state index contributed by atoms with van der Waals surface area (Å²) in [7, 11) is 3.74. The van der Waals surface area contributed by atoms with Gasteiger partial charge in [-0.2, -0.15) is 0 Å². The summed E-state index contributed by atoms with van der Waals surface area (Å²) in [4.78, 5) is 0.